The molecule has 0 spiro atoms. The van der Waals surface area contributed by atoms with Crippen molar-refractivity contribution < 1.29 is 22.4 Å². The number of nitrogens with one attached hydrogen (secondary N) is 1. The van der Waals surface area contributed by atoms with Gasteiger partial charge in [-0.3, -0.25) is 9.59 Å². The van der Waals surface area contributed by atoms with Crippen molar-refractivity contribution in [3.05, 3.63) is 64.4 Å². The maximum Gasteiger partial charge on any atom is 0.242 e. The van der Waals surface area contributed by atoms with E-state index in [1.165, 1.54) is 11.1 Å². The molecule has 1 aliphatic carbocycles. The van der Waals surface area contributed by atoms with Crippen molar-refractivity contribution in [1.82, 2.24) is 9.62 Å². The van der Waals surface area contributed by atoms with E-state index in [1.54, 1.807) is 4.90 Å². The van der Waals surface area contributed by atoms with Gasteiger partial charge in [-0.05, 0) is 73.3 Å². The summed E-state index contributed by atoms with van der Waals surface area (Å²) < 4.78 is 40.8. The van der Waals surface area contributed by atoms with Crippen LogP contribution in [0.1, 0.15) is 50.7 Å². The lowest BCUT2D eigenvalue weighted by Gasteiger charge is -2.32. The highest BCUT2D eigenvalue weighted by molar-refractivity contribution is 7.89. The number of carbonyl (C=O) groups excluding carboxylic acids is 2. The molecule has 0 unspecified atom stereocenters. The Hall–Kier alpha value is -2.49. The molecule has 202 valence electrons. The fourth-order valence-corrected chi connectivity index (χ4v) is 6.44. The van der Waals surface area contributed by atoms with Gasteiger partial charge < -0.3 is 10.6 Å². The highest BCUT2D eigenvalue weighted by Crippen LogP contribution is 2.29. The normalized spacial score (nSPS) is 14.5. The lowest BCUT2D eigenvalue weighted by molar-refractivity contribution is -0.140. The van der Waals surface area contributed by atoms with Crippen molar-refractivity contribution in [2.45, 2.75) is 63.3 Å². The second-order valence-electron chi connectivity index (χ2n) is 10.1. The molecule has 0 aromatic heterocycles. The van der Waals surface area contributed by atoms with Crippen LogP contribution in [0, 0.1) is 17.7 Å². The topological polar surface area (TPSA) is 110 Å². The second kappa shape index (κ2) is 12.8. The number of nitrogens with two attached hydrogens (primary N) is 1. The Morgan fingerprint density at radius 1 is 1.14 bits per heavy atom. The fourth-order valence-electron chi connectivity index (χ4n) is 4.84. The van der Waals surface area contributed by atoms with Gasteiger partial charge in [0.05, 0.1) is 5.02 Å². The maximum absolute atomic E-state index is 13.4. The highest BCUT2D eigenvalue weighted by Gasteiger charge is 2.31. The Bertz CT molecular complexity index is 1200. The summed E-state index contributed by atoms with van der Waals surface area (Å²) in [5.41, 5.74) is 8.23. The summed E-state index contributed by atoms with van der Waals surface area (Å²) >= 11 is 5.89. The van der Waals surface area contributed by atoms with E-state index in [9.17, 15) is 22.4 Å². The maximum atomic E-state index is 13.4. The minimum atomic E-state index is -3.92. The standard InChI is InChI=1S/C27H35ClFN3O4S/c1-18(2)13-24(27(30)34)32(26(33)16-19-14-20-7-3-4-8-21(20)15-19)12-6-5-11-31-37(35,36)25-10-9-22(29)17-23(25)28/h3-4,7-10,17-19,24,31H,5-6,11-16H2,1-2H3,(H2,30,34)/t24-/m0/s1. The minimum Gasteiger partial charge on any atom is -0.368 e. The van der Waals surface area contributed by atoms with E-state index in [0.29, 0.717) is 25.7 Å². The quantitative estimate of drug-likeness (QED) is 0.366. The molecular weight excluding hydrogens is 517 g/mol. The van der Waals surface area contributed by atoms with Crippen LogP contribution in [0.25, 0.3) is 0 Å². The molecule has 3 rings (SSSR count). The van der Waals surface area contributed by atoms with E-state index in [-0.39, 0.29) is 40.8 Å². The highest BCUT2D eigenvalue weighted by atomic mass is 35.5. The molecule has 0 aliphatic heterocycles. The zero-order valence-electron chi connectivity index (χ0n) is 21.3. The Balaban J connectivity index is 1.60. The van der Waals surface area contributed by atoms with E-state index in [4.69, 9.17) is 17.3 Å². The molecular formula is C27H35ClFN3O4S. The van der Waals surface area contributed by atoms with Crippen molar-refractivity contribution >= 4 is 33.4 Å². The summed E-state index contributed by atoms with van der Waals surface area (Å²) in [7, 11) is -3.92. The van der Waals surface area contributed by atoms with Crippen molar-refractivity contribution in [1.29, 1.82) is 0 Å². The molecule has 0 heterocycles. The Kier molecular flexibility index (Phi) is 10.1. The Labute approximate surface area is 223 Å². The number of halogens is 2. The van der Waals surface area contributed by atoms with Gasteiger partial charge in [-0.25, -0.2) is 17.5 Å². The van der Waals surface area contributed by atoms with Gasteiger partial charge in [0.1, 0.15) is 16.8 Å². The summed E-state index contributed by atoms with van der Waals surface area (Å²) in [6, 6.07) is 10.5. The molecule has 37 heavy (non-hydrogen) atoms. The predicted octanol–water partition coefficient (Wildman–Crippen LogP) is 4.07. The van der Waals surface area contributed by atoms with Crippen molar-refractivity contribution in [2.75, 3.05) is 13.1 Å². The first-order chi connectivity index (χ1) is 17.5. The second-order valence-corrected chi connectivity index (χ2v) is 12.2. The van der Waals surface area contributed by atoms with E-state index in [0.717, 1.165) is 31.0 Å². The van der Waals surface area contributed by atoms with Crippen LogP contribution >= 0.6 is 11.6 Å². The van der Waals surface area contributed by atoms with Gasteiger partial charge in [-0.15, -0.1) is 0 Å². The van der Waals surface area contributed by atoms with Crippen LogP contribution < -0.4 is 10.5 Å². The van der Waals surface area contributed by atoms with Crippen LogP contribution in [0.2, 0.25) is 5.02 Å². The van der Waals surface area contributed by atoms with Gasteiger partial charge in [0.2, 0.25) is 21.8 Å². The number of unbranched alkanes of at least 4 members (excludes halogenated alkanes) is 1. The molecule has 3 N–H and O–H groups in total. The minimum absolute atomic E-state index is 0.0986. The van der Waals surface area contributed by atoms with Gasteiger partial charge in [0, 0.05) is 19.5 Å². The number of hydrogen-bond donors (Lipinski definition) is 2. The third-order valence-electron chi connectivity index (χ3n) is 6.62. The number of fused-ring (bicyclic) bond motifs is 1. The SMILES string of the molecule is CC(C)C[C@@H](C(N)=O)N(CCCCNS(=O)(=O)c1ccc(F)cc1Cl)C(=O)CC1Cc2ccccc2C1. The van der Waals surface area contributed by atoms with Crippen molar-refractivity contribution in [2.24, 2.45) is 17.6 Å². The van der Waals surface area contributed by atoms with E-state index >= 15 is 0 Å². The first-order valence-corrected chi connectivity index (χ1v) is 14.4. The summed E-state index contributed by atoms with van der Waals surface area (Å²) in [6.45, 7) is 4.34. The molecule has 2 amide bonds. The summed E-state index contributed by atoms with van der Waals surface area (Å²) in [5, 5.41) is -0.198. The van der Waals surface area contributed by atoms with E-state index in [2.05, 4.69) is 16.9 Å². The van der Waals surface area contributed by atoms with Gasteiger partial charge in [-0.1, -0.05) is 49.7 Å². The van der Waals surface area contributed by atoms with Crippen LogP contribution in [-0.4, -0.2) is 44.3 Å². The molecule has 2 aromatic rings. The smallest absolute Gasteiger partial charge is 0.242 e. The van der Waals surface area contributed by atoms with E-state index in [1.807, 2.05) is 26.0 Å². The molecule has 0 bridgehead atoms. The lowest BCUT2D eigenvalue weighted by Crippen LogP contribution is -2.49. The van der Waals surface area contributed by atoms with Gasteiger partial charge in [0.15, 0.2) is 0 Å². The average molecular weight is 552 g/mol. The molecule has 1 atom stereocenters. The van der Waals surface area contributed by atoms with Crippen molar-refractivity contribution in [3.8, 4) is 0 Å². The lowest BCUT2D eigenvalue weighted by atomic mass is 9.97. The molecule has 0 saturated carbocycles. The Morgan fingerprint density at radius 2 is 1.78 bits per heavy atom. The van der Waals surface area contributed by atoms with Crippen LogP contribution in [-0.2, 0) is 32.5 Å². The number of primary amides is 1. The molecule has 0 fully saturated rings. The summed E-state index contributed by atoms with van der Waals surface area (Å²) in [5.74, 6) is -0.937. The molecule has 1 aliphatic rings. The molecule has 7 nitrogen and oxygen atoms in total. The largest absolute Gasteiger partial charge is 0.368 e. The van der Waals surface area contributed by atoms with Gasteiger partial charge >= 0.3 is 0 Å². The number of benzene rings is 2. The number of hydrogen-bond acceptors (Lipinski definition) is 4. The molecule has 2 aromatic carbocycles. The monoisotopic (exact) mass is 551 g/mol. The first kappa shape index (κ1) is 29.1. The third-order valence-corrected chi connectivity index (χ3v) is 8.56. The van der Waals surface area contributed by atoms with Gasteiger partial charge in [0.25, 0.3) is 0 Å². The summed E-state index contributed by atoms with van der Waals surface area (Å²) in [6.07, 6.45) is 3.33. The zero-order valence-corrected chi connectivity index (χ0v) is 22.8. The third kappa shape index (κ3) is 7.99. The van der Waals surface area contributed by atoms with Crippen LogP contribution in [0.5, 0.6) is 0 Å². The predicted molar refractivity (Wildman–Crippen MR) is 142 cm³/mol. The number of rotatable bonds is 13. The average Bonchev–Trinajstić information content (AvgIpc) is 3.21. The molecule has 0 radical (unpaired) electrons. The number of nitrogens with zero attached hydrogens (tertiary/aromatic N) is 1. The van der Waals surface area contributed by atoms with Crippen LogP contribution in [0.15, 0.2) is 47.4 Å². The molecule has 0 saturated heterocycles. The zero-order chi connectivity index (χ0) is 27.2. The van der Waals surface area contributed by atoms with Crippen molar-refractivity contribution in [3.63, 3.8) is 0 Å². The fraction of sp³-hybridized carbons (Fsp3) is 0.481. The molecule has 10 heteroatoms. The van der Waals surface area contributed by atoms with Gasteiger partial charge in [-0.2, -0.15) is 0 Å². The number of amides is 2. The first-order valence-electron chi connectivity index (χ1n) is 12.6. The van der Waals surface area contributed by atoms with Crippen LogP contribution in [0.4, 0.5) is 4.39 Å². The summed E-state index contributed by atoms with van der Waals surface area (Å²) in [4.78, 5) is 27.1. The Morgan fingerprint density at radius 3 is 2.35 bits per heavy atom. The van der Waals surface area contributed by atoms with E-state index < -0.39 is 27.8 Å². The number of carbonyl (C=O) groups is 2. The number of sulfonamides is 1. The van der Waals surface area contributed by atoms with Crippen LogP contribution in [0.3, 0.4) is 0 Å².